The summed E-state index contributed by atoms with van der Waals surface area (Å²) in [6.45, 7) is 10.9. The Morgan fingerprint density at radius 2 is 1.62 bits per heavy atom. The van der Waals surface area contributed by atoms with Crippen molar-refractivity contribution in [2.24, 2.45) is 0 Å². The Morgan fingerprint density at radius 1 is 1.08 bits per heavy atom. The Balaban J connectivity index is 2.48. The Labute approximate surface area is 144 Å². The highest BCUT2D eigenvalue weighted by atomic mass is 32.2. The third-order valence-electron chi connectivity index (χ3n) is 3.84. The van der Waals surface area contributed by atoms with Crippen LogP contribution < -0.4 is 9.47 Å². The zero-order chi connectivity index (χ0) is 17.9. The van der Waals surface area contributed by atoms with Gasteiger partial charge in [-0.3, -0.25) is 0 Å². The van der Waals surface area contributed by atoms with E-state index in [1.165, 1.54) is 4.31 Å². The van der Waals surface area contributed by atoms with E-state index in [2.05, 4.69) is 0 Å². The van der Waals surface area contributed by atoms with E-state index in [1.807, 2.05) is 34.6 Å². The summed E-state index contributed by atoms with van der Waals surface area (Å²) in [5.41, 5.74) is 0.850. The minimum Gasteiger partial charge on any atom is -0.494 e. The van der Waals surface area contributed by atoms with Crippen LogP contribution in [0, 0.1) is 6.92 Å². The molecule has 0 unspecified atom stereocenters. The number of benzene rings is 1. The summed E-state index contributed by atoms with van der Waals surface area (Å²) in [7, 11) is -3.69. The third-order valence-corrected chi connectivity index (χ3v) is 5.70. The summed E-state index contributed by atoms with van der Waals surface area (Å²) in [6.07, 6.45) is -0.285. The maximum atomic E-state index is 13.2. The summed E-state index contributed by atoms with van der Waals surface area (Å²) >= 11 is 0. The molecule has 1 saturated heterocycles. The number of nitrogens with zero attached hydrogens (tertiary/aromatic N) is 1. The summed E-state index contributed by atoms with van der Waals surface area (Å²) in [4.78, 5) is 0.153. The molecule has 0 saturated carbocycles. The lowest BCUT2D eigenvalue weighted by Crippen LogP contribution is -2.48. The van der Waals surface area contributed by atoms with Gasteiger partial charge in [0, 0.05) is 19.2 Å². The molecule has 1 heterocycles. The minimum absolute atomic E-state index is 0.143. The largest absolute Gasteiger partial charge is 0.494 e. The summed E-state index contributed by atoms with van der Waals surface area (Å²) in [6, 6.07) is 3.30. The van der Waals surface area contributed by atoms with Crippen molar-refractivity contribution in [3.8, 4) is 11.5 Å². The quantitative estimate of drug-likeness (QED) is 0.783. The molecule has 0 N–H and O–H groups in total. The Bertz CT molecular complexity index is 664. The summed E-state index contributed by atoms with van der Waals surface area (Å²) < 4.78 is 44.6. The normalized spacial score (nSPS) is 22.4. The van der Waals surface area contributed by atoms with Crippen LogP contribution in [0.3, 0.4) is 0 Å². The predicted molar refractivity (Wildman–Crippen MR) is 92.3 cm³/mol. The molecule has 136 valence electrons. The van der Waals surface area contributed by atoms with Gasteiger partial charge in [0.2, 0.25) is 10.0 Å². The van der Waals surface area contributed by atoms with Crippen molar-refractivity contribution in [2.75, 3.05) is 26.3 Å². The van der Waals surface area contributed by atoms with Crippen molar-refractivity contribution in [1.82, 2.24) is 4.31 Å². The fourth-order valence-electron chi connectivity index (χ4n) is 2.89. The fourth-order valence-corrected chi connectivity index (χ4v) is 4.61. The first-order valence-electron chi connectivity index (χ1n) is 8.35. The van der Waals surface area contributed by atoms with Gasteiger partial charge in [0.05, 0.1) is 25.4 Å². The van der Waals surface area contributed by atoms with Crippen molar-refractivity contribution in [3.63, 3.8) is 0 Å². The number of hydrogen-bond donors (Lipinski definition) is 0. The molecule has 1 fully saturated rings. The second-order valence-electron chi connectivity index (χ2n) is 6.01. The van der Waals surface area contributed by atoms with Crippen LogP contribution in [0.2, 0.25) is 0 Å². The van der Waals surface area contributed by atoms with Crippen LogP contribution >= 0.6 is 0 Å². The van der Waals surface area contributed by atoms with Gasteiger partial charge in [0.1, 0.15) is 16.4 Å². The Hall–Kier alpha value is -1.31. The molecule has 0 spiro atoms. The number of sulfonamides is 1. The molecular weight excluding hydrogens is 330 g/mol. The molecule has 24 heavy (non-hydrogen) atoms. The average molecular weight is 357 g/mol. The van der Waals surface area contributed by atoms with Crippen molar-refractivity contribution in [1.29, 1.82) is 0 Å². The number of morpholine rings is 1. The molecule has 0 aromatic heterocycles. The lowest BCUT2D eigenvalue weighted by molar-refractivity contribution is -0.0441. The van der Waals surface area contributed by atoms with Gasteiger partial charge in [-0.15, -0.1) is 0 Å². The van der Waals surface area contributed by atoms with E-state index in [0.29, 0.717) is 37.8 Å². The van der Waals surface area contributed by atoms with Crippen molar-refractivity contribution >= 4 is 10.0 Å². The van der Waals surface area contributed by atoms with E-state index in [1.54, 1.807) is 12.1 Å². The minimum atomic E-state index is -3.69. The zero-order valence-corrected chi connectivity index (χ0v) is 15.9. The smallest absolute Gasteiger partial charge is 0.247 e. The molecule has 0 aliphatic carbocycles. The molecular formula is C17H27NO5S. The van der Waals surface area contributed by atoms with Gasteiger partial charge in [0.15, 0.2) is 0 Å². The molecule has 1 aliphatic heterocycles. The van der Waals surface area contributed by atoms with Gasteiger partial charge in [-0.1, -0.05) is 0 Å². The average Bonchev–Trinajstić information content (AvgIpc) is 2.49. The van der Waals surface area contributed by atoms with Crippen molar-refractivity contribution in [2.45, 2.75) is 51.7 Å². The van der Waals surface area contributed by atoms with E-state index in [-0.39, 0.29) is 17.1 Å². The summed E-state index contributed by atoms with van der Waals surface area (Å²) in [5.74, 6) is 0.930. The molecule has 0 amide bonds. The first kappa shape index (κ1) is 19.0. The van der Waals surface area contributed by atoms with Crippen LogP contribution in [0.5, 0.6) is 11.5 Å². The highest BCUT2D eigenvalue weighted by Gasteiger charge is 2.34. The number of aryl methyl sites for hydroxylation is 1. The van der Waals surface area contributed by atoms with Gasteiger partial charge in [0.25, 0.3) is 0 Å². The number of rotatable bonds is 6. The van der Waals surface area contributed by atoms with E-state index in [4.69, 9.17) is 14.2 Å². The molecule has 1 aromatic carbocycles. The van der Waals surface area contributed by atoms with Crippen LogP contribution in [0.15, 0.2) is 17.0 Å². The van der Waals surface area contributed by atoms with Crippen LogP contribution in [0.4, 0.5) is 0 Å². The highest BCUT2D eigenvalue weighted by Crippen LogP contribution is 2.34. The van der Waals surface area contributed by atoms with Crippen LogP contribution in [0.1, 0.15) is 33.3 Å². The standard InChI is InChI=1S/C17H27NO5S/c1-6-21-15-9-17(16(22-7-2)8-12(15)3)24(19,20)18-10-13(4)23-14(5)11-18/h8-9,13-14H,6-7,10-11H2,1-5H3/t13-,14-/m1/s1. The zero-order valence-electron chi connectivity index (χ0n) is 15.0. The second-order valence-corrected chi connectivity index (χ2v) is 7.92. The van der Waals surface area contributed by atoms with Crippen LogP contribution in [-0.2, 0) is 14.8 Å². The number of hydrogen-bond acceptors (Lipinski definition) is 5. The van der Waals surface area contributed by atoms with Crippen LogP contribution in [0.25, 0.3) is 0 Å². The first-order valence-corrected chi connectivity index (χ1v) is 9.79. The lowest BCUT2D eigenvalue weighted by atomic mass is 10.2. The second kappa shape index (κ2) is 7.72. The van der Waals surface area contributed by atoms with Gasteiger partial charge in [-0.05, 0) is 46.2 Å². The Kier molecular flexibility index (Phi) is 6.11. The van der Waals surface area contributed by atoms with Gasteiger partial charge < -0.3 is 14.2 Å². The molecule has 2 rings (SSSR count). The van der Waals surface area contributed by atoms with Gasteiger partial charge in [-0.25, -0.2) is 8.42 Å². The number of ether oxygens (including phenoxy) is 3. The molecule has 0 bridgehead atoms. The SMILES string of the molecule is CCOc1cc(S(=O)(=O)N2C[C@@H](C)O[C@H](C)C2)c(OCC)cc1C. The topological polar surface area (TPSA) is 65.1 Å². The monoisotopic (exact) mass is 357 g/mol. The van der Waals surface area contributed by atoms with E-state index >= 15 is 0 Å². The maximum absolute atomic E-state index is 13.2. The van der Waals surface area contributed by atoms with Gasteiger partial charge >= 0.3 is 0 Å². The predicted octanol–water partition coefficient (Wildman–Crippen LogP) is 2.59. The summed E-state index contributed by atoms with van der Waals surface area (Å²) in [5, 5.41) is 0. The van der Waals surface area contributed by atoms with E-state index in [9.17, 15) is 8.42 Å². The molecule has 0 radical (unpaired) electrons. The van der Waals surface area contributed by atoms with E-state index in [0.717, 1.165) is 5.56 Å². The van der Waals surface area contributed by atoms with Crippen molar-refractivity contribution in [3.05, 3.63) is 17.7 Å². The first-order chi connectivity index (χ1) is 11.3. The molecule has 6 nitrogen and oxygen atoms in total. The fraction of sp³-hybridized carbons (Fsp3) is 0.647. The van der Waals surface area contributed by atoms with Crippen molar-refractivity contribution < 1.29 is 22.6 Å². The molecule has 2 atom stereocenters. The van der Waals surface area contributed by atoms with E-state index < -0.39 is 10.0 Å². The van der Waals surface area contributed by atoms with Gasteiger partial charge in [-0.2, -0.15) is 4.31 Å². The third kappa shape index (κ3) is 4.02. The highest BCUT2D eigenvalue weighted by molar-refractivity contribution is 7.89. The Morgan fingerprint density at radius 3 is 2.17 bits per heavy atom. The molecule has 7 heteroatoms. The maximum Gasteiger partial charge on any atom is 0.247 e. The molecule has 1 aliphatic rings. The molecule has 1 aromatic rings. The van der Waals surface area contributed by atoms with Crippen LogP contribution in [-0.4, -0.2) is 51.2 Å². The lowest BCUT2D eigenvalue weighted by Gasteiger charge is -2.34.